The van der Waals surface area contributed by atoms with E-state index in [4.69, 9.17) is 14.2 Å². The molecule has 1 saturated heterocycles. The molecule has 9 heteroatoms. The van der Waals surface area contributed by atoms with E-state index in [1.54, 1.807) is 16.2 Å². The second-order valence-corrected chi connectivity index (χ2v) is 9.36. The first-order valence-electron chi connectivity index (χ1n) is 11.2. The van der Waals surface area contributed by atoms with Crippen molar-refractivity contribution in [3.8, 4) is 11.5 Å². The normalized spacial score (nSPS) is 15.5. The van der Waals surface area contributed by atoms with Gasteiger partial charge in [0.1, 0.15) is 0 Å². The molecule has 3 heterocycles. The Morgan fingerprint density at radius 3 is 2.58 bits per heavy atom. The predicted octanol–water partition coefficient (Wildman–Crippen LogP) is 2.49. The zero-order chi connectivity index (χ0) is 23.2. The number of thiophene rings is 1. The van der Waals surface area contributed by atoms with Crippen LogP contribution in [0.15, 0.2) is 29.6 Å². The molecule has 0 aliphatic carbocycles. The van der Waals surface area contributed by atoms with Crippen molar-refractivity contribution in [3.05, 3.63) is 45.6 Å². The first-order valence-corrected chi connectivity index (χ1v) is 12.1. The van der Waals surface area contributed by atoms with Crippen LogP contribution >= 0.6 is 11.3 Å². The Bertz CT molecular complexity index is 973. The van der Waals surface area contributed by atoms with Crippen LogP contribution in [0.1, 0.15) is 22.9 Å². The molecule has 8 nitrogen and oxygen atoms in total. The molecule has 178 valence electrons. The van der Waals surface area contributed by atoms with Crippen molar-refractivity contribution in [3.63, 3.8) is 0 Å². The maximum absolute atomic E-state index is 13.4. The molecule has 0 spiro atoms. The van der Waals surface area contributed by atoms with Gasteiger partial charge < -0.3 is 24.0 Å². The van der Waals surface area contributed by atoms with E-state index in [1.807, 2.05) is 28.5 Å². The fraction of sp³-hybridized carbons (Fsp3) is 0.500. The monoisotopic (exact) mass is 473 g/mol. The van der Waals surface area contributed by atoms with Gasteiger partial charge in [0.15, 0.2) is 11.5 Å². The Morgan fingerprint density at radius 1 is 1.06 bits per heavy atom. The van der Waals surface area contributed by atoms with Crippen LogP contribution in [0.5, 0.6) is 11.5 Å². The van der Waals surface area contributed by atoms with Crippen LogP contribution in [-0.4, -0.2) is 79.2 Å². The third-order valence-electron chi connectivity index (χ3n) is 6.03. The summed E-state index contributed by atoms with van der Waals surface area (Å²) in [6, 6.07) is 7.82. The van der Waals surface area contributed by atoms with Gasteiger partial charge in [-0.25, -0.2) is 0 Å². The number of fused-ring (bicyclic) bond motifs is 1. The zero-order valence-electron chi connectivity index (χ0n) is 19.2. The number of hydrogen-bond acceptors (Lipinski definition) is 7. The molecule has 4 rings (SSSR count). The minimum atomic E-state index is -0.0908. The molecule has 0 bridgehead atoms. The topological polar surface area (TPSA) is 71.6 Å². The van der Waals surface area contributed by atoms with Crippen LogP contribution in [0.4, 0.5) is 0 Å². The van der Waals surface area contributed by atoms with Gasteiger partial charge in [-0.15, -0.1) is 11.3 Å². The standard InChI is InChI=1S/C24H31N3O5S/c1-18-5-12-33-23(18)15-27(14-20-3-4-21-22(13-20)32-17-31-21)24(29)16-26(19(2)28)7-6-25-8-10-30-11-9-25/h3-5,12-13H,6-11,14-17H2,1-2H3. The molecule has 2 aromatic rings. The first kappa shape index (κ1) is 23.5. The lowest BCUT2D eigenvalue weighted by atomic mass is 10.1. The maximum atomic E-state index is 13.4. The van der Waals surface area contributed by atoms with Gasteiger partial charge in [0, 0.05) is 44.5 Å². The molecule has 2 aliphatic heterocycles. The molecule has 2 aliphatic rings. The van der Waals surface area contributed by atoms with Crippen molar-refractivity contribution in [1.29, 1.82) is 0 Å². The Kier molecular flexibility index (Phi) is 7.85. The summed E-state index contributed by atoms with van der Waals surface area (Å²) in [5.41, 5.74) is 2.13. The fourth-order valence-corrected chi connectivity index (χ4v) is 4.85. The Labute approximate surface area is 198 Å². The van der Waals surface area contributed by atoms with Crippen LogP contribution in [0.3, 0.4) is 0 Å². The van der Waals surface area contributed by atoms with Crippen LogP contribution in [0.2, 0.25) is 0 Å². The van der Waals surface area contributed by atoms with Gasteiger partial charge in [-0.2, -0.15) is 0 Å². The van der Waals surface area contributed by atoms with Crippen molar-refractivity contribution in [2.24, 2.45) is 0 Å². The minimum Gasteiger partial charge on any atom is -0.454 e. The van der Waals surface area contributed by atoms with Crippen LogP contribution < -0.4 is 9.47 Å². The number of rotatable bonds is 9. The van der Waals surface area contributed by atoms with Crippen LogP contribution in [0, 0.1) is 6.92 Å². The SMILES string of the molecule is CC(=O)N(CCN1CCOCC1)CC(=O)N(Cc1ccc2c(c1)OCO2)Cc1sccc1C. The quantitative estimate of drug-likeness (QED) is 0.557. The van der Waals surface area contributed by atoms with E-state index in [0.29, 0.717) is 38.6 Å². The largest absolute Gasteiger partial charge is 0.454 e. The maximum Gasteiger partial charge on any atom is 0.242 e. The molecule has 0 atom stereocenters. The lowest BCUT2D eigenvalue weighted by Crippen LogP contribution is -2.46. The van der Waals surface area contributed by atoms with E-state index in [-0.39, 0.29) is 25.2 Å². The van der Waals surface area contributed by atoms with Gasteiger partial charge in [-0.3, -0.25) is 14.5 Å². The van der Waals surface area contributed by atoms with E-state index < -0.39 is 0 Å². The number of carbonyl (C=O) groups is 2. The molecular formula is C24H31N3O5S. The number of hydrogen-bond donors (Lipinski definition) is 0. The summed E-state index contributed by atoms with van der Waals surface area (Å²) >= 11 is 1.64. The molecule has 2 amide bonds. The molecule has 0 radical (unpaired) electrons. The minimum absolute atomic E-state index is 0.0641. The van der Waals surface area contributed by atoms with Gasteiger partial charge >= 0.3 is 0 Å². The Hall–Kier alpha value is -2.62. The summed E-state index contributed by atoms with van der Waals surface area (Å²) in [6.45, 7) is 9.19. The second-order valence-electron chi connectivity index (χ2n) is 8.36. The van der Waals surface area contributed by atoms with Crippen molar-refractivity contribution in [1.82, 2.24) is 14.7 Å². The average molecular weight is 474 g/mol. The smallest absolute Gasteiger partial charge is 0.242 e. The number of ether oxygens (including phenoxy) is 3. The van der Waals surface area contributed by atoms with E-state index in [2.05, 4.69) is 17.9 Å². The highest BCUT2D eigenvalue weighted by Crippen LogP contribution is 2.33. The third kappa shape index (κ3) is 6.25. The highest BCUT2D eigenvalue weighted by molar-refractivity contribution is 7.10. The highest BCUT2D eigenvalue weighted by Gasteiger charge is 2.23. The third-order valence-corrected chi connectivity index (χ3v) is 7.03. The molecule has 1 fully saturated rings. The number of amides is 2. The Morgan fingerprint density at radius 2 is 1.85 bits per heavy atom. The van der Waals surface area contributed by atoms with Crippen molar-refractivity contribution in [2.45, 2.75) is 26.9 Å². The lowest BCUT2D eigenvalue weighted by Gasteiger charge is -2.31. The lowest BCUT2D eigenvalue weighted by molar-refractivity contribution is -0.140. The molecule has 1 aromatic carbocycles. The predicted molar refractivity (Wildman–Crippen MR) is 125 cm³/mol. The first-order chi connectivity index (χ1) is 16.0. The number of nitrogens with zero attached hydrogens (tertiary/aromatic N) is 3. The number of benzene rings is 1. The molecule has 33 heavy (non-hydrogen) atoms. The van der Waals surface area contributed by atoms with Crippen LogP contribution in [0.25, 0.3) is 0 Å². The summed E-state index contributed by atoms with van der Waals surface area (Å²) in [5, 5.41) is 2.04. The fourth-order valence-electron chi connectivity index (χ4n) is 3.93. The van der Waals surface area contributed by atoms with Gasteiger partial charge in [0.25, 0.3) is 0 Å². The zero-order valence-corrected chi connectivity index (χ0v) is 20.1. The molecule has 1 aromatic heterocycles. The number of carbonyl (C=O) groups excluding carboxylic acids is 2. The molecule has 0 unspecified atom stereocenters. The molecular weight excluding hydrogens is 442 g/mol. The van der Waals surface area contributed by atoms with Gasteiger partial charge in [-0.1, -0.05) is 6.07 Å². The number of morpholine rings is 1. The summed E-state index contributed by atoms with van der Waals surface area (Å²) < 4.78 is 16.3. The van der Waals surface area contributed by atoms with Crippen molar-refractivity contribution >= 4 is 23.2 Å². The van der Waals surface area contributed by atoms with E-state index in [0.717, 1.165) is 35.8 Å². The highest BCUT2D eigenvalue weighted by atomic mass is 32.1. The number of aryl methyl sites for hydroxylation is 1. The van der Waals surface area contributed by atoms with E-state index >= 15 is 0 Å². The summed E-state index contributed by atoms with van der Waals surface area (Å²) in [5.74, 6) is 1.25. The van der Waals surface area contributed by atoms with Crippen LogP contribution in [-0.2, 0) is 27.4 Å². The van der Waals surface area contributed by atoms with Gasteiger partial charge in [0.05, 0.1) is 26.3 Å². The van der Waals surface area contributed by atoms with Gasteiger partial charge in [-0.05, 0) is 41.6 Å². The van der Waals surface area contributed by atoms with E-state index in [9.17, 15) is 9.59 Å². The molecule has 0 N–H and O–H groups in total. The average Bonchev–Trinajstić information content (AvgIpc) is 3.44. The van der Waals surface area contributed by atoms with Gasteiger partial charge in [0.2, 0.25) is 18.6 Å². The van der Waals surface area contributed by atoms with Crippen molar-refractivity contribution < 1.29 is 23.8 Å². The molecule has 0 saturated carbocycles. The van der Waals surface area contributed by atoms with Crippen molar-refractivity contribution in [2.75, 3.05) is 52.7 Å². The summed E-state index contributed by atoms with van der Waals surface area (Å²) in [7, 11) is 0. The van der Waals surface area contributed by atoms with E-state index in [1.165, 1.54) is 12.5 Å². The summed E-state index contributed by atoms with van der Waals surface area (Å²) in [6.07, 6.45) is 0. The Balaban J connectivity index is 1.45. The second kappa shape index (κ2) is 11.0. The summed E-state index contributed by atoms with van der Waals surface area (Å²) in [4.78, 5) is 32.6.